The average Bonchev–Trinajstić information content (AvgIpc) is 3.21. The minimum absolute atomic E-state index is 0.0106. The van der Waals surface area contributed by atoms with Crippen molar-refractivity contribution in [3.63, 3.8) is 0 Å². The molecular formula is C17H21NO3. The maximum Gasteiger partial charge on any atom is 0.251 e. The monoisotopic (exact) mass is 287 g/mol. The number of nitrogens with one attached hydrogen (secondary N) is 1. The van der Waals surface area contributed by atoms with Gasteiger partial charge in [0.25, 0.3) is 5.91 Å². The van der Waals surface area contributed by atoms with E-state index in [1.165, 1.54) is 25.7 Å². The molecule has 2 bridgehead atoms. The number of benzene rings is 1. The first-order chi connectivity index (χ1) is 10.2. The molecule has 0 aromatic heterocycles. The minimum Gasteiger partial charge on any atom is -0.454 e. The zero-order chi connectivity index (χ0) is 14.4. The lowest BCUT2D eigenvalue weighted by atomic mass is 9.84. The highest BCUT2D eigenvalue weighted by Crippen LogP contribution is 2.49. The highest BCUT2D eigenvalue weighted by Gasteiger charge is 2.42. The van der Waals surface area contributed by atoms with Gasteiger partial charge in [-0.2, -0.15) is 0 Å². The van der Waals surface area contributed by atoms with Gasteiger partial charge in [0.2, 0.25) is 6.79 Å². The van der Waals surface area contributed by atoms with E-state index in [1.807, 2.05) is 0 Å². The van der Waals surface area contributed by atoms with Gasteiger partial charge in [-0.3, -0.25) is 4.79 Å². The van der Waals surface area contributed by atoms with Gasteiger partial charge in [-0.15, -0.1) is 0 Å². The zero-order valence-electron chi connectivity index (χ0n) is 12.3. The van der Waals surface area contributed by atoms with Gasteiger partial charge in [-0.1, -0.05) is 6.42 Å². The fourth-order valence-corrected chi connectivity index (χ4v) is 4.34. The maximum atomic E-state index is 12.4. The molecule has 2 aliphatic carbocycles. The lowest BCUT2D eigenvalue weighted by Crippen LogP contribution is -2.40. The second-order valence-electron chi connectivity index (χ2n) is 6.67. The quantitative estimate of drug-likeness (QED) is 0.929. The third-order valence-electron chi connectivity index (χ3n) is 5.43. The highest BCUT2D eigenvalue weighted by atomic mass is 16.7. The van der Waals surface area contributed by atoms with Crippen LogP contribution in [0.3, 0.4) is 0 Å². The van der Waals surface area contributed by atoms with Crippen molar-refractivity contribution in [3.05, 3.63) is 23.8 Å². The molecule has 0 spiro atoms. The first kappa shape index (κ1) is 13.0. The number of fused-ring (bicyclic) bond motifs is 3. The molecule has 1 heterocycles. The summed E-state index contributed by atoms with van der Waals surface area (Å²) in [4.78, 5) is 12.4. The maximum absolute atomic E-state index is 12.4. The second-order valence-corrected chi connectivity index (χ2v) is 6.67. The molecule has 1 amide bonds. The Bertz CT molecular complexity index is 571. The molecule has 1 aromatic carbocycles. The van der Waals surface area contributed by atoms with Gasteiger partial charge >= 0.3 is 0 Å². The van der Waals surface area contributed by atoms with Crippen molar-refractivity contribution >= 4 is 5.91 Å². The normalized spacial score (nSPS) is 30.4. The molecule has 0 saturated heterocycles. The van der Waals surface area contributed by atoms with Gasteiger partial charge in [0.1, 0.15) is 0 Å². The number of hydrogen-bond acceptors (Lipinski definition) is 3. The summed E-state index contributed by atoms with van der Waals surface area (Å²) in [5.41, 5.74) is 0.647. The van der Waals surface area contributed by atoms with Crippen molar-refractivity contribution in [2.24, 2.45) is 17.8 Å². The molecule has 4 heteroatoms. The Morgan fingerprint density at radius 2 is 2.10 bits per heavy atom. The van der Waals surface area contributed by atoms with Crippen LogP contribution in [0.5, 0.6) is 11.5 Å². The van der Waals surface area contributed by atoms with Crippen LogP contribution in [0.2, 0.25) is 0 Å². The van der Waals surface area contributed by atoms with Crippen molar-refractivity contribution in [1.82, 2.24) is 5.32 Å². The molecule has 2 fully saturated rings. The van der Waals surface area contributed by atoms with Crippen LogP contribution in [0.4, 0.5) is 0 Å². The number of hydrogen-bond donors (Lipinski definition) is 1. The summed E-state index contributed by atoms with van der Waals surface area (Å²) < 4.78 is 10.6. The van der Waals surface area contributed by atoms with Crippen molar-refractivity contribution in [1.29, 1.82) is 0 Å². The first-order valence-electron chi connectivity index (χ1n) is 7.91. The largest absolute Gasteiger partial charge is 0.454 e. The molecule has 1 aliphatic heterocycles. The van der Waals surface area contributed by atoms with E-state index in [2.05, 4.69) is 12.2 Å². The average molecular weight is 287 g/mol. The van der Waals surface area contributed by atoms with E-state index in [9.17, 15) is 4.79 Å². The Morgan fingerprint density at radius 1 is 1.24 bits per heavy atom. The molecule has 1 aromatic rings. The summed E-state index contributed by atoms with van der Waals surface area (Å²) in [6.45, 7) is 2.39. The van der Waals surface area contributed by atoms with Crippen molar-refractivity contribution in [2.45, 2.75) is 38.6 Å². The predicted octanol–water partition coefficient (Wildman–Crippen LogP) is 2.97. The van der Waals surface area contributed by atoms with E-state index in [0.717, 1.165) is 11.8 Å². The fourth-order valence-electron chi connectivity index (χ4n) is 4.34. The summed E-state index contributed by atoms with van der Waals surface area (Å²) in [5.74, 6) is 3.75. The Hall–Kier alpha value is -1.71. The SMILES string of the molecule is CC(NC(=O)c1ccc2c(c1)OCO2)C1CC2CCC1C2. The molecule has 4 unspecified atom stereocenters. The highest BCUT2D eigenvalue weighted by molar-refractivity contribution is 5.95. The van der Waals surface area contributed by atoms with E-state index in [-0.39, 0.29) is 18.7 Å². The van der Waals surface area contributed by atoms with Crippen molar-refractivity contribution in [3.8, 4) is 11.5 Å². The third-order valence-corrected chi connectivity index (χ3v) is 5.43. The number of ether oxygens (including phenoxy) is 2. The van der Waals surface area contributed by atoms with Crippen LogP contribution in [0.25, 0.3) is 0 Å². The number of carbonyl (C=O) groups excluding carboxylic acids is 1. The Morgan fingerprint density at radius 3 is 2.86 bits per heavy atom. The van der Waals surface area contributed by atoms with Crippen molar-refractivity contribution < 1.29 is 14.3 Å². The smallest absolute Gasteiger partial charge is 0.251 e. The Kier molecular flexibility index (Phi) is 3.05. The van der Waals surface area contributed by atoms with Crippen LogP contribution in [0, 0.1) is 17.8 Å². The molecule has 4 rings (SSSR count). The van der Waals surface area contributed by atoms with Crippen LogP contribution >= 0.6 is 0 Å². The molecule has 1 N–H and O–H groups in total. The van der Waals surface area contributed by atoms with Gasteiger partial charge in [0.05, 0.1) is 0 Å². The summed E-state index contributed by atoms with van der Waals surface area (Å²) in [6.07, 6.45) is 5.39. The fraction of sp³-hybridized carbons (Fsp3) is 0.588. The van der Waals surface area contributed by atoms with E-state index >= 15 is 0 Å². The van der Waals surface area contributed by atoms with Gasteiger partial charge < -0.3 is 14.8 Å². The van der Waals surface area contributed by atoms with E-state index in [4.69, 9.17) is 9.47 Å². The summed E-state index contributed by atoms with van der Waals surface area (Å²) in [7, 11) is 0. The third kappa shape index (κ3) is 2.27. The van der Waals surface area contributed by atoms with Crippen LogP contribution < -0.4 is 14.8 Å². The Labute approximate surface area is 124 Å². The summed E-state index contributed by atoms with van der Waals surface area (Å²) in [6, 6.07) is 5.62. The molecule has 21 heavy (non-hydrogen) atoms. The molecule has 4 atom stereocenters. The van der Waals surface area contributed by atoms with E-state index < -0.39 is 0 Å². The molecule has 2 saturated carbocycles. The van der Waals surface area contributed by atoms with Crippen LogP contribution in [0.1, 0.15) is 43.0 Å². The number of carbonyl (C=O) groups is 1. The minimum atomic E-state index is -0.0106. The predicted molar refractivity (Wildman–Crippen MR) is 78.4 cm³/mol. The van der Waals surface area contributed by atoms with Crippen LogP contribution in [0.15, 0.2) is 18.2 Å². The summed E-state index contributed by atoms with van der Waals surface area (Å²) in [5, 5.41) is 3.18. The van der Waals surface area contributed by atoms with E-state index in [1.54, 1.807) is 18.2 Å². The van der Waals surface area contributed by atoms with Crippen molar-refractivity contribution in [2.75, 3.05) is 6.79 Å². The van der Waals surface area contributed by atoms with E-state index in [0.29, 0.717) is 23.0 Å². The van der Waals surface area contributed by atoms with Crippen LogP contribution in [-0.2, 0) is 0 Å². The lowest BCUT2D eigenvalue weighted by Gasteiger charge is -2.28. The molecule has 4 nitrogen and oxygen atoms in total. The summed E-state index contributed by atoms with van der Waals surface area (Å²) >= 11 is 0. The molecule has 0 radical (unpaired) electrons. The van der Waals surface area contributed by atoms with Gasteiger partial charge in [-0.25, -0.2) is 0 Å². The standard InChI is InChI=1S/C17H21NO3/c1-10(14-7-11-2-3-12(14)6-11)18-17(19)13-4-5-15-16(8-13)21-9-20-15/h4-5,8,10-12,14H,2-3,6-7,9H2,1H3,(H,18,19). The van der Waals surface area contributed by atoms with Gasteiger partial charge in [0, 0.05) is 11.6 Å². The van der Waals surface area contributed by atoms with Gasteiger partial charge in [-0.05, 0) is 62.1 Å². The zero-order valence-corrected chi connectivity index (χ0v) is 12.3. The lowest BCUT2D eigenvalue weighted by molar-refractivity contribution is 0.0915. The van der Waals surface area contributed by atoms with Crippen LogP contribution in [-0.4, -0.2) is 18.7 Å². The second kappa shape index (κ2) is 4.93. The first-order valence-corrected chi connectivity index (χ1v) is 7.91. The molecule has 112 valence electrons. The van der Waals surface area contributed by atoms with Gasteiger partial charge in [0.15, 0.2) is 11.5 Å². The Balaban J connectivity index is 1.43. The molecule has 3 aliphatic rings. The molecular weight excluding hydrogens is 266 g/mol. The topological polar surface area (TPSA) is 47.6 Å². The number of amides is 1. The number of rotatable bonds is 3.